The number of carbonyl (C=O) groups is 1. The van der Waals surface area contributed by atoms with Gasteiger partial charge in [0.25, 0.3) is 0 Å². The first kappa shape index (κ1) is 19.4. The first-order valence-corrected chi connectivity index (χ1v) is 10.4. The maximum absolute atomic E-state index is 12.5. The maximum atomic E-state index is 12.5. The van der Waals surface area contributed by atoms with Crippen molar-refractivity contribution >= 4 is 21.6 Å². The quantitative estimate of drug-likeness (QED) is 0.797. The monoisotopic (exact) mass is 388 g/mol. The molecule has 2 aromatic carbocycles. The Morgan fingerprint density at radius 1 is 1.07 bits per heavy atom. The molecule has 1 amide bonds. The molecule has 0 atom stereocenters. The summed E-state index contributed by atoms with van der Waals surface area (Å²) in [6.45, 7) is 1.55. The van der Waals surface area contributed by atoms with Gasteiger partial charge in [-0.2, -0.15) is 0 Å². The first-order valence-electron chi connectivity index (χ1n) is 8.95. The molecule has 0 unspecified atom stereocenters. The van der Waals surface area contributed by atoms with Crippen molar-refractivity contribution in [2.75, 3.05) is 19.0 Å². The molecule has 0 saturated heterocycles. The summed E-state index contributed by atoms with van der Waals surface area (Å²) in [5.74, 6) is 0.0620. The summed E-state index contributed by atoms with van der Waals surface area (Å²) in [7, 11) is -2.23. The van der Waals surface area contributed by atoms with Crippen LogP contribution in [-0.4, -0.2) is 28.0 Å². The van der Waals surface area contributed by atoms with E-state index in [-0.39, 0.29) is 11.4 Å². The summed E-state index contributed by atoms with van der Waals surface area (Å²) >= 11 is 0. The Hall–Kier alpha value is -2.38. The lowest BCUT2D eigenvalue weighted by atomic mass is 9.92. The molecule has 2 aromatic rings. The minimum atomic E-state index is -3.75. The number of aryl methyl sites for hydroxylation is 3. The summed E-state index contributed by atoms with van der Waals surface area (Å²) < 4.78 is 32.7. The van der Waals surface area contributed by atoms with Gasteiger partial charge in [-0.3, -0.25) is 4.79 Å². The molecule has 0 aromatic heterocycles. The van der Waals surface area contributed by atoms with Crippen LogP contribution in [0.1, 0.15) is 29.5 Å². The molecule has 27 heavy (non-hydrogen) atoms. The molecular formula is C20H24N2O4S. The van der Waals surface area contributed by atoms with Gasteiger partial charge < -0.3 is 10.1 Å². The number of anilines is 1. The Morgan fingerprint density at radius 2 is 1.81 bits per heavy atom. The minimum Gasteiger partial charge on any atom is -0.495 e. The standard InChI is InChI=1S/C20H24N2O4S/c1-14-7-10-19(26-2)18(11-14)22-20(23)13-21-27(24,25)17-9-8-15-5-3-4-6-16(15)12-17/h7-12,21H,3-6,13H2,1-2H3,(H,22,23). The van der Waals surface area contributed by atoms with Crippen molar-refractivity contribution in [3.63, 3.8) is 0 Å². The highest BCUT2D eigenvalue weighted by Crippen LogP contribution is 2.25. The Morgan fingerprint density at radius 3 is 2.56 bits per heavy atom. The number of methoxy groups -OCH3 is 1. The fourth-order valence-corrected chi connectivity index (χ4v) is 4.27. The van der Waals surface area contributed by atoms with Gasteiger partial charge in [0.15, 0.2) is 0 Å². The number of ether oxygens (including phenoxy) is 1. The zero-order valence-electron chi connectivity index (χ0n) is 15.5. The van der Waals surface area contributed by atoms with Gasteiger partial charge in [0, 0.05) is 0 Å². The molecule has 1 aliphatic carbocycles. The van der Waals surface area contributed by atoms with Crippen LogP contribution in [0.25, 0.3) is 0 Å². The number of carbonyl (C=O) groups excluding carboxylic acids is 1. The topological polar surface area (TPSA) is 84.5 Å². The third-order valence-corrected chi connectivity index (χ3v) is 6.08. The van der Waals surface area contributed by atoms with Gasteiger partial charge in [0.2, 0.25) is 15.9 Å². The van der Waals surface area contributed by atoms with Gasteiger partial charge in [0.1, 0.15) is 5.75 Å². The largest absolute Gasteiger partial charge is 0.495 e. The predicted molar refractivity (Wildman–Crippen MR) is 105 cm³/mol. The summed E-state index contributed by atoms with van der Waals surface area (Å²) in [6.07, 6.45) is 4.10. The van der Waals surface area contributed by atoms with Gasteiger partial charge in [-0.05, 0) is 73.6 Å². The smallest absolute Gasteiger partial charge is 0.241 e. The number of rotatable bonds is 6. The van der Waals surface area contributed by atoms with Crippen LogP contribution in [0, 0.1) is 6.92 Å². The third kappa shape index (κ3) is 4.67. The summed E-state index contributed by atoms with van der Waals surface area (Å²) in [5, 5.41) is 2.69. The fourth-order valence-electron chi connectivity index (χ4n) is 3.23. The molecule has 0 fully saturated rings. The molecule has 0 aliphatic heterocycles. The van der Waals surface area contributed by atoms with E-state index in [0.717, 1.165) is 36.8 Å². The van der Waals surface area contributed by atoms with Gasteiger partial charge >= 0.3 is 0 Å². The zero-order valence-corrected chi connectivity index (χ0v) is 16.4. The first-order chi connectivity index (χ1) is 12.9. The van der Waals surface area contributed by atoms with Gasteiger partial charge in [-0.15, -0.1) is 0 Å². The van der Waals surface area contributed by atoms with Crippen molar-refractivity contribution in [3.05, 3.63) is 53.1 Å². The highest BCUT2D eigenvalue weighted by atomic mass is 32.2. The lowest BCUT2D eigenvalue weighted by Gasteiger charge is -2.17. The van der Waals surface area contributed by atoms with Crippen LogP contribution in [0.4, 0.5) is 5.69 Å². The van der Waals surface area contributed by atoms with Crippen LogP contribution in [0.3, 0.4) is 0 Å². The van der Waals surface area contributed by atoms with E-state index in [1.807, 2.05) is 19.1 Å². The molecule has 0 radical (unpaired) electrons. The van der Waals surface area contributed by atoms with Crippen molar-refractivity contribution < 1.29 is 17.9 Å². The second-order valence-corrected chi connectivity index (χ2v) is 8.48. The van der Waals surface area contributed by atoms with Gasteiger partial charge in [-0.1, -0.05) is 12.1 Å². The highest BCUT2D eigenvalue weighted by Gasteiger charge is 2.19. The molecule has 6 nitrogen and oxygen atoms in total. The molecule has 7 heteroatoms. The molecule has 0 saturated carbocycles. The molecule has 144 valence electrons. The number of hydrogen-bond acceptors (Lipinski definition) is 4. The van der Waals surface area contributed by atoms with Crippen LogP contribution >= 0.6 is 0 Å². The van der Waals surface area contributed by atoms with Crippen molar-refractivity contribution in [3.8, 4) is 5.75 Å². The number of benzene rings is 2. The summed E-state index contributed by atoms with van der Waals surface area (Å²) in [4.78, 5) is 12.4. The number of sulfonamides is 1. The van der Waals surface area contributed by atoms with Crippen LogP contribution in [-0.2, 0) is 27.7 Å². The third-order valence-electron chi connectivity index (χ3n) is 4.68. The second-order valence-electron chi connectivity index (χ2n) is 6.71. The van der Waals surface area contributed by atoms with E-state index >= 15 is 0 Å². The Labute approximate surface area is 160 Å². The van der Waals surface area contributed by atoms with Crippen LogP contribution < -0.4 is 14.8 Å². The molecule has 1 aliphatic rings. The maximum Gasteiger partial charge on any atom is 0.241 e. The summed E-state index contributed by atoms with van der Waals surface area (Å²) in [5.41, 5.74) is 3.76. The van der Waals surface area contributed by atoms with Crippen molar-refractivity contribution in [1.82, 2.24) is 4.72 Å². The normalized spacial score (nSPS) is 13.7. The van der Waals surface area contributed by atoms with E-state index in [9.17, 15) is 13.2 Å². The average Bonchev–Trinajstić information content (AvgIpc) is 2.66. The van der Waals surface area contributed by atoms with Crippen molar-refractivity contribution in [2.45, 2.75) is 37.5 Å². The van der Waals surface area contributed by atoms with Gasteiger partial charge in [0.05, 0.1) is 24.2 Å². The van der Waals surface area contributed by atoms with Crippen molar-refractivity contribution in [1.29, 1.82) is 0 Å². The van der Waals surface area contributed by atoms with E-state index in [4.69, 9.17) is 4.74 Å². The molecule has 0 heterocycles. The minimum absolute atomic E-state index is 0.198. The van der Waals surface area contributed by atoms with E-state index in [2.05, 4.69) is 10.0 Å². The van der Waals surface area contributed by atoms with E-state index < -0.39 is 15.9 Å². The second kappa shape index (κ2) is 8.10. The predicted octanol–water partition coefficient (Wildman–Crippen LogP) is 2.80. The van der Waals surface area contributed by atoms with Crippen LogP contribution in [0.15, 0.2) is 41.3 Å². The average molecular weight is 388 g/mol. The Balaban J connectivity index is 1.67. The Bertz CT molecular complexity index is 954. The molecule has 0 spiro atoms. The van der Waals surface area contributed by atoms with Gasteiger partial charge in [-0.25, -0.2) is 13.1 Å². The lowest BCUT2D eigenvalue weighted by molar-refractivity contribution is -0.115. The number of nitrogens with one attached hydrogen (secondary N) is 2. The molecule has 2 N–H and O–H groups in total. The van der Waals surface area contributed by atoms with Crippen molar-refractivity contribution in [2.24, 2.45) is 0 Å². The SMILES string of the molecule is COc1ccc(C)cc1NC(=O)CNS(=O)(=O)c1ccc2c(c1)CCCC2. The highest BCUT2D eigenvalue weighted by molar-refractivity contribution is 7.89. The van der Waals surface area contributed by atoms with Crippen LogP contribution in [0.2, 0.25) is 0 Å². The number of hydrogen-bond donors (Lipinski definition) is 2. The molecular weight excluding hydrogens is 364 g/mol. The fraction of sp³-hybridized carbons (Fsp3) is 0.350. The van der Waals surface area contributed by atoms with Crippen LogP contribution in [0.5, 0.6) is 5.75 Å². The number of amides is 1. The Kier molecular flexibility index (Phi) is 5.82. The van der Waals surface area contributed by atoms with E-state index in [1.54, 1.807) is 24.3 Å². The molecule has 3 rings (SSSR count). The van der Waals surface area contributed by atoms with E-state index in [1.165, 1.54) is 12.7 Å². The zero-order chi connectivity index (χ0) is 19.4. The summed E-state index contributed by atoms with van der Waals surface area (Å²) in [6, 6.07) is 10.6. The van der Waals surface area contributed by atoms with E-state index in [0.29, 0.717) is 11.4 Å². The number of fused-ring (bicyclic) bond motifs is 1. The molecule has 0 bridgehead atoms. The lowest BCUT2D eigenvalue weighted by Crippen LogP contribution is -2.33.